The lowest BCUT2D eigenvalue weighted by atomic mass is 9.78. The van der Waals surface area contributed by atoms with Gasteiger partial charge in [-0.2, -0.15) is 0 Å². The molecule has 0 spiro atoms. The number of primary amides is 1. The monoisotopic (exact) mass is 241 g/mol. The first-order chi connectivity index (χ1) is 8.00. The molecule has 0 heterocycles. The average molecular weight is 241 g/mol. The standard InChI is InChI=1S/C12H23N3O2/c1-8-4-3-5-10(9(8)2)15-12(17)14-7-6-11(13)16/h8-10H,3-7H2,1-2H3,(H2,13,16)(H2,14,15,17)/t8-,9-,10+/m1/s1. The summed E-state index contributed by atoms with van der Waals surface area (Å²) in [5.41, 5.74) is 4.99. The Morgan fingerprint density at radius 3 is 2.65 bits per heavy atom. The lowest BCUT2D eigenvalue weighted by Crippen LogP contribution is -2.48. The van der Waals surface area contributed by atoms with Gasteiger partial charge in [0.05, 0.1) is 0 Å². The van der Waals surface area contributed by atoms with Gasteiger partial charge in [0.15, 0.2) is 0 Å². The van der Waals surface area contributed by atoms with Crippen molar-refractivity contribution in [2.24, 2.45) is 17.6 Å². The summed E-state index contributed by atoms with van der Waals surface area (Å²) in [4.78, 5) is 22.1. The molecule has 0 aromatic rings. The lowest BCUT2D eigenvalue weighted by Gasteiger charge is -2.34. The molecule has 0 radical (unpaired) electrons. The number of nitrogens with one attached hydrogen (secondary N) is 2. The van der Waals surface area contributed by atoms with Crippen molar-refractivity contribution in [2.45, 2.75) is 45.6 Å². The van der Waals surface area contributed by atoms with E-state index in [1.165, 1.54) is 6.42 Å². The van der Waals surface area contributed by atoms with Crippen LogP contribution in [0.3, 0.4) is 0 Å². The van der Waals surface area contributed by atoms with E-state index < -0.39 is 5.91 Å². The molecule has 1 rings (SSSR count). The van der Waals surface area contributed by atoms with Crippen LogP contribution in [-0.2, 0) is 4.79 Å². The topological polar surface area (TPSA) is 84.2 Å². The van der Waals surface area contributed by atoms with Gasteiger partial charge in [0, 0.05) is 19.0 Å². The molecule has 98 valence electrons. The van der Waals surface area contributed by atoms with E-state index in [2.05, 4.69) is 24.5 Å². The highest BCUT2D eigenvalue weighted by molar-refractivity contribution is 5.77. The largest absolute Gasteiger partial charge is 0.370 e. The third-order valence-corrected chi connectivity index (χ3v) is 3.68. The van der Waals surface area contributed by atoms with Crippen LogP contribution in [0.2, 0.25) is 0 Å². The zero-order valence-corrected chi connectivity index (χ0v) is 10.7. The minimum Gasteiger partial charge on any atom is -0.370 e. The predicted octanol–water partition coefficient (Wildman–Crippen LogP) is 0.986. The maximum atomic E-state index is 11.6. The van der Waals surface area contributed by atoms with Crippen LogP contribution >= 0.6 is 0 Å². The molecular weight excluding hydrogens is 218 g/mol. The Kier molecular flexibility index (Phi) is 5.25. The first-order valence-electron chi connectivity index (χ1n) is 6.33. The summed E-state index contributed by atoms with van der Waals surface area (Å²) >= 11 is 0. The first kappa shape index (κ1) is 13.8. The third-order valence-electron chi connectivity index (χ3n) is 3.68. The van der Waals surface area contributed by atoms with Gasteiger partial charge >= 0.3 is 6.03 Å². The third kappa shape index (κ3) is 4.63. The van der Waals surface area contributed by atoms with Gasteiger partial charge < -0.3 is 16.4 Å². The Hall–Kier alpha value is -1.26. The van der Waals surface area contributed by atoms with Gasteiger partial charge in [-0.3, -0.25) is 4.79 Å². The fourth-order valence-electron chi connectivity index (χ4n) is 2.30. The van der Waals surface area contributed by atoms with Crippen LogP contribution in [0.1, 0.15) is 39.5 Å². The molecule has 5 heteroatoms. The number of amides is 3. The Morgan fingerprint density at radius 2 is 2.00 bits per heavy atom. The molecule has 1 aliphatic rings. The molecule has 0 aromatic heterocycles. The highest BCUT2D eigenvalue weighted by atomic mass is 16.2. The van der Waals surface area contributed by atoms with Crippen LogP contribution < -0.4 is 16.4 Å². The normalized spacial score (nSPS) is 28.5. The summed E-state index contributed by atoms with van der Waals surface area (Å²) in [6.07, 6.45) is 3.62. The lowest BCUT2D eigenvalue weighted by molar-refractivity contribution is -0.117. The van der Waals surface area contributed by atoms with E-state index in [0.29, 0.717) is 18.4 Å². The van der Waals surface area contributed by atoms with Crippen molar-refractivity contribution in [1.82, 2.24) is 10.6 Å². The minimum absolute atomic E-state index is 0.185. The van der Waals surface area contributed by atoms with Crippen molar-refractivity contribution < 1.29 is 9.59 Å². The number of hydrogen-bond acceptors (Lipinski definition) is 2. The van der Waals surface area contributed by atoms with E-state index in [9.17, 15) is 9.59 Å². The van der Waals surface area contributed by atoms with E-state index in [-0.39, 0.29) is 18.5 Å². The number of nitrogens with two attached hydrogens (primary N) is 1. The Labute approximate surface area is 103 Å². The van der Waals surface area contributed by atoms with E-state index in [0.717, 1.165) is 12.8 Å². The van der Waals surface area contributed by atoms with Gasteiger partial charge in [0.2, 0.25) is 5.91 Å². The van der Waals surface area contributed by atoms with Gasteiger partial charge in [0.25, 0.3) is 0 Å². The van der Waals surface area contributed by atoms with Crippen LogP contribution in [0.25, 0.3) is 0 Å². The van der Waals surface area contributed by atoms with Gasteiger partial charge in [-0.1, -0.05) is 26.7 Å². The van der Waals surface area contributed by atoms with Gasteiger partial charge in [0.1, 0.15) is 0 Å². The van der Waals surface area contributed by atoms with Crippen LogP contribution in [0.4, 0.5) is 4.79 Å². The Morgan fingerprint density at radius 1 is 1.29 bits per heavy atom. The summed E-state index contributed by atoms with van der Waals surface area (Å²) in [5.74, 6) is 0.760. The second-order valence-electron chi connectivity index (χ2n) is 4.99. The zero-order chi connectivity index (χ0) is 12.8. The number of carbonyl (C=O) groups is 2. The van der Waals surface area contributed by atoms with Crippen LogP contribution in [0.5, 0.6) is 0 Å². The molecule has 5 nitrogen and oxygen atoms in total. The summed E-state index contributed by atoms with van der Waals surface area (Å²) in [6, 6.07) is 0.0459. The van der Waals surface area contributed by atoms with Crippen molar-refractivity contribution >= 4 is 11.9 Å². The molecule has 4 N–H and O–H groups in total. The molecule has 0 aromatic carbocycles. The summed E-state index contributed by atoms with van der Waals surface area (Å²) < 4.78 is 0. The van der Waals surface area contributed by atoms with Crippen LogP contribution in [-0.4, -0.2) is 24.5 Å². The molecule has 0 bridgehead atoms. The average Bonchev–Trinajstić information content (AvgIpc) is 2.24. The maximum absolute atomic E-state index is 11.6. The molecule has 1 saturated carbocycles. The number of rotatable bonds is 4. The molecule has 17 heavy (non-hydrogen) atoms. The molecule has 0 saturated heterocycles. The molecule has 0 unspecified atom stereocenters. The summed E-state index contributed by atoms with van der Waals surface area (Å²) in [5, 5.41) is 5.62. The van der Waals surface area contributed by atoms with Crippen molar-refractivity contribution in [1.29, 1.82) is 0 Å². The quantitative estimate of drug-likeness (QED) is 0.685. The van der Waals surface area contributed by atoms with Crippen molar-refractivity contribution in [3.63, 3.8) is 0 Å². The first-order valence-corrected chi connectivity index (χ1v) is 6.33. The fourth-order valence-corrected chi connectivity index (χ4v) is 2.30. The van der Waals surface area contributed by atoms with Crippen molar-refractivity contribution in [3.8, 4) is 0 Å². The number of hydrogen-bond donors (Lipinski definition) is 3. The SMILES string of the molecule is C[C@@H]1[C@H](C)CCC[C@@H]1NC(=O)NCCC(N)=O. The van der Waals surface area contributed by atoms with Gasteiger partial charge in [-0.05, 0) is 18.3 Å². The van der Waals surface area contributed by atoms with Crippen LogP contribution in [0.15, 0.2) is 0 Å². The second-order valence-corrected chi connectivity index (χ2v) is 4.99. The fraction of sp³-hybridized carbons (Fsp3) is 0.833. The zero-order valence-electron chi connectivity index (χ0n) is 10.7. The van der Waals surface area contributed by atoms with E-state index in [4.69, 9.17) is 5.73 Å². The van der Waals surface area contributed by atoms with Crippen molar-refractivity contribution in [2.75, 3.05) is 6.54 Å². The molecule has 0 aliphatic heterocycles. The van der Waals surface area contributed by atoms with E-state index in [1.807, 2.05) is 0 Å². The highest BCUT2D eigenvalue weighted by Gasteiger charge is 2.27. The minimum atomic E-state index is -0.398. The maximum Gasteiger partial charge on any atom is 0.315 e. The highest BCUT2D eigenvalue weighted by Crippen LogP contribution is 2.29. The second kappa shape index (κ2) is 6.47. The Bertz CT molecular complexity index is 281. The number of urea groups is 1. The Balaban J connectivity index is 2.27. The predicted molar refractivity (Wildman–Crippen MR) is 66.3 cm³/mol. The van der Waals surface area contributed by atoms with Gasteiger partial charge in [-0.15, -0.1) is 0 Å². The molecule has 3 atom stereocenters. The van der Waals surface area contributed by atoms with E-state index in [1.54, 1.807) is 0 Å². The van der Waals surface area contributed by atoms with Crippen LogP contribution in [0, 0.1) is 11.8 Å². The number of carbonyl (C=O) groups excluding carboxylic acids is 2. The van der Waals surface area contributed by atoms with Crippen molar-refractivity contribution in [3.05, 3.63) is 0 Å². The summed E-state index contributed by atoms with van der Waals surface area (Å²) in [7, 11) is 0. The van der Waals surface area contributed by atoms with Gasteiger partial charge in [-0.25, -0.2) is 4.79 Å². The molecule has 1 fully saturated rings. The van der Waals surface area contributed by atoms with E-state index >= 15 is 0 Å². The molecule has 1 aliphatic carbocycles. The smallest absolute Gasteiger partial charge is 0.315 e. The summed E-state index contributed by atoms with van der Waals surface area (Å²) in [6.45, 7) is 4.71. The molecular formula is C12H23N3O2. The molecule has 3 amide bonds.